The fraction of sp³-hybridized carbons (Fsp3) is 0.333. The first-order valence-electron chi connectivity index (χ1n) is 10.0. The Morgan fingerprint density at radius 2 is 1.94 bits per heavy atom. The van der Waals surface area contributed by atoms with E-state index >= 15 is 0 Å². The number of nitrogens with zero attached hydrogens (tertiary/aromatic N) is 2. The van der Waals surface area contributed by atoms with Gasteiger partial charge in [-0.05, 0) is 31.0 Å². The molecule has 1 aromatic heterocycles. The minimum Gasteiger partial charge on any atom is -0.503 e. The molecule has 1 saturated heterocycles. The Balaban J connectivity index is 1.51. The van der Waals surface area contributed by atoms with Gasteiger partial charge in [0.05, 0.1) is 19.6 Å². The van der Waals surface area contributed by atoms with Crippen LogP contribution in [0, 0.1) is 5.82 Å². The van der Waals surface area contributed by atoms with Crippen molar-refractivity contribution in [1.82, 2.24) is 20.3 Å². The fourth-order valence-corrected chi connectivity index (χ4v) is 3.85. The van der Waals surface area contributed by atoms with Gasteiger partial charge in [-0.2, -0.15) is 0 Å². The first-order valence-corrected chi connectivity index (χ1v) is 10.0. The molecule has 11 heteroatoms. The highest BCUT2D eigenvalue weighted by Crippen LogP contribution is 2.29. The van der Waals surface area contributed by atoms with Crippen molar-refractivity contribution in [2.45, 2.75) is 38.6 Å². The number of carbonyl (C=O) groups is 3. The molecule has 0 aliphatic carbocycles. The summed E-state index contributed by atoms with van der Waals surface area (Å²) in [4.78, 5) is 51.4. The average Bonchev–Trinajstić information content (AvgIpc) is 2.76. The molecule has 3 amide bonds. The van der Waals surface area contributed by atoms with Gasteiger partial charge in [-0.25, -0.2) is 4.39 Å². The van der Waals surface area contributed by atoms with E-state index in [1.54, 1.807) is 0 Å². The number of hydrogen-bond donors (Lipinski definition) is 3. The molecular weight excluding hydrogens is 423 g/mol. The van der Waals surface area contributed by atoms with Gasteiger partial charge in [0.1, 0.15) is 11.4 Å². The van der Waals surface area contributed by atoms with E-state index in [1.165, 1.54) is 33.7 Å². The summed E-state index contributed by atoms with van der Waals surface area (Å²) in [6, 6.07) is 5.15. The molecule has 2 aliphatic heterocycles. The van der Waals surface area contributed by atoms with Crippen LogP contribution in [0.15, 0.2) is 35.3 Å². The average molecular weight is 444 g/mol. The lowest BCUT2D eigenvalue weighted by molar-refractivity contribution is -0.121. The number of halogens is 1. The predicted octanol–water partition coefficient (Wildman–Crippen LogP) is 0.287. The Labute approximate surface area is 181 Å². The zero-order valence-corrected chi connectivity index (χ0v) is 17.1. The van der Waals surface area contributed by atoms with Crippen LogP contribution in [0.5, 0.6) is 5.75 Å². The summed E-state index contributed by atoms with van der Waals surface area (Å²) in [6.07, 6.45) is 1.09. The van der Waals surface area contributed by atoms with Gasteiger partial charge in [-0.3, -0.25) is 30.0 Å². The van der Waals surface area contributed by atoms with Crippen molar-refractivity contribution in [2.24, 2.45) is 0 Å². The standard InChI is InChI=1S/C21H21FN4O6/c1-11-6-7-32-16-10-25-9-14(18(28)19(29)17(25)21(31)26(11)16)20(30)24-23-15(27)8-12-2-4-13(22)5-3-12/h2-5,9,11,16,29H,6-8,10H2,1H3,(H,23,27)(H,24,30)/t11-,16?/m1/s1. The largest absolute Gasteiger partial charge is 0.503 e. The SMILES string of the molecule is C[C@@H]1CCOC2Cn3cc(C(=O)NNC(=O)Cc4ccc(F)cc4)c(=O)c(O)c3C(=O)N21. The maximum absolute atomic E-state index is 13.0. The van der Waals surface area contributed by atoms with Gasteiger partial charge in [0.2, 0.25) is 11.3 Å². The van der Waals surface area contributed by atoms with Gasteiger partial charge in [0.25, 0.3) is 11.8 Å². The molecule has 32 heavy (non-hydrogen) atoms. The number of aromatic hydroxyl groups is 1. The van der Waals surface area contributed by atoms with E-state index < -0.39 is 46.5 Å². The quantitative estimate of drug-likeness (QED) is 0.584. The number of benzene rings is 1. The number of hydrogen-bond acceptors (Lipinski definition) is 6. The van der Waals surface area contributed by atoms with Gasteiger partial charge in [0, 0.05) is 12.2 Å². The van der Waals surface area contributed by atoms with Crippen molar-refractivity contribution in [1.29, 1.82) is 0 Å². The van der Waals surface area contributed by atoms with Crippen molar-refractivity contribution in [3.63, 3.8) is 0 Å². The molecule has 0 spiro atoms. The molecule has 2 aromatic rings. The highest BCUT2D eigenvalue weighted by Gasteiger charge is 2.41. The van der Waals surface area contributed by atoms with Crippen molar-refractivity contribution in [2.75, 3.05) is 6.61 Å². The number of carbonyl (C=O) groups excluding carboxylic acids is 3. The topological polar surface area (TPSA) is 130 Å². The maximum atomic E-state index is 13.0. The predicted molar refractivity (Wildman–Crippen MR) is 108 cm³/mol. The van der Waals surface area contributed by atoms with Gasteiger partial charge >= 0.3 is 0 Å². The van der Waals surface area contributed by atoms with E-state index in [4.69, 9.17) is 4.74 Å². The van der Waals surface area contributed by atoms with Crippen molar-refractivity contribution in [3.05, 3.63) is 63.3 Å². The molecule has 2 atom stereocenters. The van der Waals surface area contributed by atoms with E-state index in [0.717, 1.165) is 6.20 Å². The fourth-order valence-electron chi connectivity index (χ4n) is 3.85. The Bertz CT molecular complexity index is 1150. The molecule has 0 bridgehead atoms. The number of ether oxygens (including phenoxy) is 1. The van der Waals surface area contributed by atoms with E-state index in [9.17, 15) is 28.7 Å². The zero-order valence-electron chi connectivity index (χ0n) is 17.1. The van der Waals surface area contributed by atoms with E-state index in [1.807, 2.05) is 6.92 Å². The van der Waals surface area contributed by atoms with Gasteiger partial charge in [-0.1, -0.05) is 12.1 Å². The molecule has 2 aliphatic rings. The zero-order chi connectivity index (χ0) is 23.0. The summed E-state index contributed by atoms with van der Waals surface area (Å²) >= 11 is 0. The molecule has 168 valence electrons. The maximum Gasteiger partial charge on any atom is 0.276 e. The molecule has 1 unspecified atom stereocenters. The van der Waals surface area contributed by atoms with Crippen LogP contribution in [-0.2, 0) is 22.5 Å². The van der Waals surface area contributed by atoms with Crippen molar-refractivity contribution < 1.29 is 28.6 Å². The molecular formula is C21H21FN4O6. The van der Waals surface area contributed by atoms with Crippen LogP contribution in [0.4, 0.5) is 4.39 Å². The molecule has 1 fully saturated rings. The highest BCUT2D eigenvalue weighted by atomic mass is 19.1. The molecule has 3 heterocycles. The van der Waals surface area contributed by atoms with Gasteiger partial charge in [-0.15, -0.1) is 0 Å². The molecule has 3 N–H and O–H groups in total. The summed E-state index contributed by atoms with van der Waals surface area (Å²) in [7, 11) is 0. The minimum atomic E-state index is -1.03. The third kappa shape index (κ3) is 3.94. The van der Waals surface area contributed by atoms with Crippen LogP contribution in [0.1, 0.15) is 39.8 Å². The van der Waals surface area contributed by atoms with Crippen molar-refractivity contribution >= 4 is 17.7 Å². The smallest absolute Gasteiger partial charge is 0.276 e. The summed E-state index contributed by atoms with van der Waals surface area (Å²) in [5.41, 5.74) is 3.13. The monoisotopic (exact) mass is 444 g/mol. The van der Waals surface area contributed by atoms with Crippen LogP contribution >= 0.6 is 0 Å². The lowest BCUT2D eigenvalue weighted by atomic mass is 10.1. The Kier molecular flexibility index (Phi) is 5.66. The second-order valence-corrected chi connectivity index (χ2v) is 7.70. The summed E-state index contributed by atoms with van der Waals surface area (Å²) < 4.78 is 19.9. The second-order valence-electron chi connectivity index (χ2n) is 7.70. The number of aromatic nitrogens is 1. The second kappa shape index (κ2) is 8.42. The van der Waals surface area contributed by atoms with Crippen LogP contribution in [0.25, 0.3) is 0 Å². The Morgan fingerprint density at radius 3 is 2.66 bits per heavy atom. The highest BCUT2D eigenvalue weighted by molar-refractivity contribution is 5.99. The van der Waals surface area contributed by atoms with Gasteiger partial charge in [0.15, 0.2) is 17.7 Å². The number of nitrogens with one attached hydrogen (secondary N) is 2. The number of hydrazine groups is 1. The van der Waals surface area contributed by atoms with Crippen LogP contribution < -0.4 is 16.3 Å². The summed E-state index contributed by atoms with van der Waals surface area (Å²) in [6.45, 7) is 2.45. The van der Waals surface area contributed by atoms with E-state index in [-0.39, 0.29) is 24.7 Å². The van der Waals surface area contributed by atoms with Crippen LogP contribution in [0.3, 0.4) is 0 Å². The Morgan fingerprint density at radius 1 is 1.22 bits per heavy atom. The third-order valence-electron chi connectivity index (χ3n) is 5.52. The molecule has 4 rings (SSSR count). The third-order valence-corrected chi connectivity index (χ3v) is 5.52. The van der Waals surface area contributed by atoms with Gasteiger partial charge < -0.3 is 19.3 Å². The van der Waals surface area contributed by atoms with E-state index in [0.29, 0.717) is 18.6 Å². The normalized spacial score (nSPS) is 19.7. The first kappa shape index (κ1) is 21.5. The lowest BCUT2D eigenvalue weighted by Gasteiger charge is -2.44. The summed E-state index contributed by atoms with van der Waals surface area (Å²) in [5.74, 6) is -3.38. The number of pyridine rings is 1. The van der Waals surface area contributed by atoms with E-state index in [2.05, 4.69) is 10.9 Å². The van der Waals surface area contributed by atoms with Crippen molar-refractivity contribution in [3.8, 4) is 5.75 Å². The number of amides is 3. The molecule has 0 radical (unpaired) electrons. The number of rotatable bonds is 3. The lowest BCUT2D eigenvalue weighted by Crippen LogP contribution is -2.57. The molecule has 1 aromatic carbocycles. The Hall–Kier alpha value is -3.73. The number of fused-ring (bicyclic) bond motifs is 2. The van der Waals surface area contributed by atoms with Crippen LogP contribution in [-0.4, -0.2) is 51.2 Å². The first-order chi connectivity index (χ1) is 15.3. The summed E-state index contributed by atoms with van der Waals surface area (Å²) in [5, 5.41) is 10.4. The van der Waals surface area contributed by atoms with Crippen LogP contribution in [0.2, 0.25) is 0 Å². The minimum absolute atomic E-state index is 0.121. The molecule has 0 saturated carbocycles. The molecule has 10 nitrogen and oxygen atoms in total.